The first-order chi connectivity index (χ1) is 10.8. The van der Waals surface area contributed by atoms with Crippen LogP contribution in [0.5, 0.6) is 0 Å². The number of pyridine rings is 1. The minimum atomic E-state index is -4.47. The van der Waals surface area contributed by atoms with Crippen molar-refractivity contribution in [2.75, 3.05) is 0 Å². The second-order valence-electron chi connectivity index (χ2n) is 5.61. The summed E-state index contributed by atoms with van der Waals surface area (Å²) in [5.41, 5.74) is -0.0185. The molecule has 1 saturated carbocycles. The van der Waals surface area contributed by atoms with Crippen LogP contribution < -0.4 is 5.32 Å². The van der Waals surface area contributed by atoms with Crippen LogP contribution in [0.25, 0.3) is 0 Å². The summed E-state index contributed by atoms with van der Waals surface area (Å²) in [5.74, 6) is -0.315. The fourth-order valence-electron chi connectivity index (χ4n) is 2.19. The SMILES string of the molecule is C[C@@H](NC(=O)c1cnn(C2CC2)c1)c1ccc(C(F)(F)F)nc1. The van der Waals surface area contributed by atoms with Crippen molar-refractivity contribution in [3.63, 3.8) is 0 Å². The fourth-order valence-corrected chi connectivity index (χ4v) is 2.19. The summed E-state index contributed by atoms with van der Waals surface area (Å²) in [7, 11) is 0. The number of carbonyl (C=O) groups excluding carboxylic acids is 1. The Morgan fingerprint density at radius 3 is 2.65 bits per heavy atom. The maximum atomic E-state index is 12.5. The molecule has 23 heavy (non-hydrogen) atoms. The Kier molecular flexibility index (Phi) is 3.83. The van der Waals surface area contributed by atoms with Gasteiger partial charge in [-0.25, -0.2) is 0 Å². The summed E-state index contributed by atoms with van der Waals surface area (Å²) in [6, 6.07) is 2.15. The van der Waals surface area contributed by atoms with E-state index in [2.05, 4.69) is 15.4 Å². The minimum Gasteiger partial charge on any atom is -0.345 e. The van der Waals surface area contributed by atoms with Gasteiger partial charge in [0.15, 0.2) is 0 Å². The topological polar surface area (TPSA) is 59.8 Å². The molecule has 1 amide bonds. The lowest BCUT2D eigenvalue weighted by molar-refractivity contribution is -0.141. The molecule has 1 aliphatic rings. The van der Waals surface area contributed by atoms with Gasteiger partial charge in [0.25, 0.3) is 5.91 Å². The van der Waals surface area contributed by atoms with Crippen LogP contribution in [0.4, 0.5) is 13.2 Å². The standard InChI is InChI=1S/C15H15F3N4O/c1-9(10-2-5-13(19-6-10)15(16,17)18)21-14(23)11-7-20-22(8-11)12-3-4-12/h2,5-9,12H,3-4H2,1H3,(H,21,23)/t9-/m1/s1. The number of hydrogen-bond acceptors (Lipinski definition) is 3. The van der Waals surface area contributed by atoms with E-state index in [4.69, 9.17) is 0 Å². The molecule has 2 heterocycles. The lowest BCUT2D eigenvalue weighted by atomic mass is 10.1. The lowest BCUT2D eigenvalue weighted by Gasteiger charge is -2.14. The molecule has 1 aliphatic carbocycles. The first-order valence-electron chi connectivity index (χ1n) is 7.23. The lowest BCUT2D eigenvalue weighted by Crippen LogP contribution is -2.26. The largest absolute Gasteiger partial charge is 0.433 e. The van der Waals surface area contributed by atoms with Crippen LogP contribution in [-0.2, 0) is 6.18 Å². The van der Waals surface area contributed by atoms with Crippen molar-refractivity contribution < 1.29 is 18.0 Å². The minimum absolute atomic E-state index is 0.315. The number of nitrogens with zero attached hydrogens (tertiary/aromatic N) is 3. The van der Waals surface area contributed by atoms with Crippen molar-refractivity contribution in [2.24, 2.45) is 0 Å². The third-order valence-electron chi connectivity index (χ3n) is 3.71. The molecule has 0 saturated heterocycles. The highest BCUT2D eigenvalue weighted by Gasteiger charge is 2.32. The summed E-state index contributed by atoms with van der Waals surface area (Å²) >= 11 is 0. The molecular weight excluding hydrogens is 309 g/mol. The van der Waals surface area contributed by atoms with E-state index in [0.717, 1.165) is 25.1 Å². The number of carbonyl (C=O) groups is 1. The molecular formula is C15H15F3N4O. The number of alkyl halides is 3. The van der Waals surface area contributed by atoms with Gasteiger partial charge in [-0.15, -0.1) is 0 Å². The Balaban J connectivity index is 1.65. The van der Waals surface area contributed by atoms with Crippen molar-refractivity contribution in [2.45, 2.75) is 38.0 Å². The summed E-state index contributed by atoms with van der Waals surface area (Å²) < 4.78 is 39.2. The van der Waals surface area contributed by atoms with E-state index in [1.807, 2.05) is 0 Å². The smallest absolute Gasteiger partial charge is 0.345 e. The molecule has 1 N–H and O–H groups in total. The number of halogens is 3. The third-order valence-corrected chi connectivity index (χ3v) is 3.71. The Morgan fingerprint density at radius 2 is 2.09 bits per heavy atom. The van der Waals surface area contributed by atoms with Gasteiger partial charge >= 0.3 is 6.18 Å². The number of rotatable bonds is 4. The van der Waals surface area contributed by atoms with Crippen LogP contribution in [0, 0.1) is 0 Å². The number of hydrogen-bond donors (Lipinski definition) is 1. The molecule has 0 unspecified atom stereocenters. The summed E-state index contributed by atoms with van der Waals surface area (Å²) in [5, 5.41) is 6.87. The highest BCUT2D eigenvalue weighted by atomic mass is 19.4. The predicted octanol–water partition coefficient (Wildman–Crippen LogP) is 3.12. The molecule has 0 spiro atoms. The van der Waals surface area contributed by atoms with E-state index >= 15 is 0 Å². The van der Waals surface area contributed by atoms with Crippen molar-refractivity contribution in [3.05, 3.63) is 47.5 Å². The van der Waals surface area contributed by atoms with Gasteiger partial charge in [-0.3, -0.25) is 14.5 Å². The predicted molar refractivity (Wildman–Crippen MR) is 75.6 cm³/mol. The second kappa shape index (κ2) is 5.68. The van der Waals surface area contributed by atoms with Crippen LogP contribution in [0.3, 0.4) is 0 Å². The average Bonchev–Trinajstić information content (AvgIpc) is 3.23. The van der Waals surface area contributed by atoms with Gasteiger partial charge in [-0.05, 0) is 31.4 Å². The Morgan fingerprint density at radius 1 is 1.35 bits per heavy atom. The highest BCUT2D eigenvalue weighted by molar-refractivity contribution is 5.93. The van der Waals surface area contributed by atoms with Crippen molar-refractivity contribution in [3.8, 4) is 0 Å². The molecule has 2 aromatic rings. The maximum Gasteiger partial charge on any atom is 0.433 e. The van der Waals surface area contributed by atoms with E-state index in [0.29, 0.717) is 17.2 Å². The Hall–Kier alpha value is -2.38. The fraction of sp³-hybridized carbons (Fsp3) is 0.400. The molecule has 0 radical (unpaired) electrons. The van der Waals surface area contributed by atoms with Gasteiger partial charge in [-0.1, -0.05) is 6.07 Å². The van der Waals surface area contributed by atoms with Gasteiger partial charge in [0, 0.05) is 12.4 Å². The third kappa shape index (κ3) is 3.52. The van der Waals surface area contributed by atoms with Gasteiger partial charge in [0.1, 0.15) is 5.69 Å². The van der Waals surface area contributed by atoms with Crippen LogP contribution in [-0.4, -0.2) is 20.7 Å². The normalized spacial score (nSPS) is 16.2. The molecule has 1 fully saturated rings. The van der Waals surface area contributed by atoms with Crippen LogP contribution >= 0.6 is 0 Å². The quantitative estimate of drug-likeness (QED) is 0.940. The van der Waals surface area contributed by atoms with Gasteiger partial charge in [0.2, 0.25) is 0 Å². The first kappa shape index (κ1) is 15.5. The molecule has 122 valence electrons. The number of amides is 1. The van der Waals surface area contributed by atoms with Crippen LogP contribution in [0.15, 0.2) is 30.7 Å². The second-order valence-corrected chi connectivity index (χ2v) is 5.61. The Labute approximate surface area is 130 Å². The van der Waals surface area contributed by atoms with Crippen molar-refractivity contribution in [1.29, 1.82) is 0 Å². The monoisotopic (exact) mass is 324 g/mol. The molecule has 3 rings (SSSR count). The van der Waals surface area contributed by atoms with E-state index in [9.17, 15) is 18.0 Å². The van der Waals surface area contributed by atoms with Crippen molar-refractivity contribution >= 4 is 5.91 Å². The van der Waals surface area contributed by atoms with Crippen LogP contribution in [0.2, 0.25) is 0 Å². The summed E-state index contributed by atoms with van der Waals surface area (Å²) in [6.45, 7) is 1.69. The zero-order valence-corrected chi connectivity index (χ0v) is 12.3. The zero-order valence-electron chi connectivity index (χ0n) is 12.3. The van der Waals surface area contributed by atoms with Gasteiger partial charge < -0.3 is 5.32 Å². The molecule has 0 aromatic carbocycles. The molecule has 5 nitrogen and oxygen atoms in total. The summed E-state index contributed by atoms with van der Waals surface area (Å²) in [6.07, 6.45) is 1.96. The molecule has 0 bridgehead atoms. The molecule has 0 aliphatic heterocycles. The first-order valence-corrected chi connectivity index (χ1v) is 7.23. The number of aromatic nitrogens is 3. The molecule has 8 heteroatoms. The van der Waals surface area contributed by atoms with Crippen molar-refractivity contribution in [1.82, 2.24) is 20.1 Å². The van der Waals surface area contributed by atoms with E-state index in [1.54, 1.807) is 17.8 Å². The number of nitrogens with one attached hydrogen (secondary N) is 1. The zero-order chi connectivity index (χ0) is 16.6. The van der Waals surface area contributed by atoms with E-state index in [1.165, 1.54) is 12.3 Å². The van der Waals surface area contributed by atoms with Crippen LogP contribution in [0.1, 0.15) is 53.5 Å². The molecule has 2 aromatic heterocycles. The van der Waals surface area contributed by atoms with E-state index < -0.39 is 17.9 Å². The average molecular weight is 324 g/mol. The van der Waals surface area contributed by atoms with E-state index in [-0.39, 0.29) is 5.91 Å². The molecule has 1 atom stereocenters. The summed E-state index contributed by atoms with van der Waals surface area (Å²) in [4.78, 5) is 15.5. The van der Waals surface area contributed by atoms with Gasteiger partial charge in [0.05, 0.1) is 23.8 Å². The van der Waals surface area contributed by atoms with Gasteiger partial charge in [-0.2, -0.15) is 18.3 Å². The highest BCUT2D eigenvalue weighted by Crippen LogP contribution is 2.34. The maximum absolute atomic E-state index is 12.5. The Bertz CT molecular complexity index is 704.